The summed E-state index contributed by atoms with van der Waals surface area (Å²) in [7, 11) is 1.44. The van der Waals surface area contributed by atoms with Crippen molar-refractivity contribution in [1.82, 2.24) is 10.4 Å². The van der Waals surface area contributed by atoms with E-state index >= 15 is 0 Å². The minimum absolute atomic E-state index is 0.0694. The first-order chi connectivity index (χ1) is 6.83. The molecule has 2 saturated carbocycles. The predicted molar refractivity (Wildman–Crippen MR) is 65.7 cm³/mol. The van der Waals surface area contributed by atoms with E-state index in [0.29, 0.717) is 5.92 Å². The van der Waals surface area contributed by atoms with Crippen LogP contribution in [-0.2, 0) is 0 Å². The summed E-state index contributed by atoms with van der Waals surface area (Å²) in [6.07, 6.45) is 6.34. The van der Waals surface area contributed by atoms with E-state index in [0.717, 1.165) is 19.3 Å². The second kappa shape index (κ2) is 4.52. The van der Waals surface area contributed by atoms with Crippen molar-refractivity contribution in [2.24, 2.45) is 16.4 Å². The highest BCUT2D eigenvalue weighted by Gasteiger charge is 2.57. The van der Waals surface area contributed by atoms with Gasteiger partial charge >= 0.3 is 0 Å². The van der Waals surface area contributed by atoms with Crippen molar-refractivity contribution in [2.75, 3.05) is 0 Å². The average Bonchev–Trinajstić information content (AvgIpc) is 2.07. The maximum atomic E-state index is 12.4. The Kier molecular flexibility index (Phi) is 3.54. The van der Waals surface area contributed by atoms with E-state index in [4.69, 9.17) is 0 Å². The van der Waals surface area contributed by atoms with Crippen LogP contribution in [0.1, 0.15) is 25.7 Å². The Bertz CT molecular complexity index is 235. The zero-order valence-corrected chi connectivity index (χ0v) is 10.6. The molecule has 14 heavy (non-hydrogen) atoms. The molecule has 2 rings (SSSR count). The van der Waals surface area contributed by atoms with Gasteiger partial charge in [0.15, 0.2) is 0 Å². The van der Waals surface area contributed by atoms with Gasteiger partial charge in [0.1, 0.15) is 0 Å². The molecule has 2 atom stereocenters. The molecule has 2 aliphatic carbocycles. The first-order valence-corrected chi connectivity index (χ1v) is 8.11. The van der Waals surface area contributed by atoms with Crippen LogP contribution in [0.15, 0.2) is 5.10 Å². The van der Waals surface area contributed by atoms with Gasteiger partial charge in [-0.15, -0.1) is 4.48 Å². The Morgan fingerprint density at radius 3 is 2.86 bits per heavy atom. The maximum absolute atomic E-state index is 12.4. The second-order valence-corrected chi connectivity index (χ2v) is 5.70. The van der Waals surface area contributed by atoms with Crippen molar-refractivity contribution in [3.05, 3.63) is 0 Å². The van der Waals surface area contributed by atoms with E-state index in [9.17, 15) is 4.48 Å². The van der Waals surface area contributed by atoms with Gasteiger partial charge in [-0.2, -0.15) is 10.6 Å². The highest BCUT2D eigenvalue weighted by Crippen LogP contribution is 2.59. The Balaban J connectivity index is 1.89. The van der Waals surface area contributed by atoms with Crippen LogP contribution in [0.3, 0.4) is 0 Å². The quantitative estimate of drug-likeness (QED) is 0.274. The lowest BCUT2D eigenvalue weighted by molar-refractivity contribution is -0.0773. The topological polar surface area (TPSA) is 36.4 Å². The van der Waals surface area contributed by atoms with Crippen molar-refractivity contribution in [3.63, 3.8) is 0 Å². The van der Waals surface area contributed by atoms with Crippen LogP contribution in [0.2, 0.25) is 0 Å². The van der Waals surface area contributed by atoms with Crippen molar-refractivity contribution in [2.45, 2.75) is 31.7 Å². The molecular weight excluding hydrogens is 316 g/mol. The highest BCUT2D eigenvalue weighted by molar-refractivity contribution is 14.2. The molecule has 2 aliphatic rings. The third-order valence-electron chi connectivity index (χ3n) is 3.68. The normalized spacial score (nSPS) is 34.1. The van der Waals surface area contributed by atoms with E-state index in [1.807, 2.05) is 11.8 Å². The zero-order chi connectivity index (χ0) is 10.0. The van der Waals surface area contributed by atoms with Gasteiger partial charge in [0.05, 0.1) is 0 Å². The van der Waals surface area contributed by atoms with Crippen molar-refractivity contribution in [3.8, 4) is 0 Å². The van der Waals surface area contributed by atoms with Crippen molar-refractivity contribution < 1.29 is 4.48 Å². The zero-order valence-electron chi connectivity index (χ0n) is 7.67. The van der Waals surface area contributed by atoms with Crippen LogP contribution in [0.25, 0.3) is 0 Å². The Hall–Kier alpha value is 0.440. The molecule has 0 aliphatic heterocycles. The monoisotopic (exact) mass is 329 g/mol. The number of hydrazone groups is 1. The number of nitrogens with one attached hydrogen (secondary N) is 2. The van der Waals surface area contributed by atoms with Gasteiger partial charge in [0, 0.05) is 48.5 Å². The number of halogens is 2. The molecule has 0 amide bonds. The molecule has 0 heterocycles. The number of hydrogen-bond acceptors (Lipinski definition) is 4. The maximum Gasteiger partial charge on any atom is 0.0440 e. The number of hydrogen-bond donors (Lipinski definition) is 2. The van der Waals surface area contributed by atoms with E-state index in [1.54, 1.807) is 0 Å². The lowest BCUT2D eigenvalue weighted by Crippen LogP contribution is -2.62. The summed E-state index contributed by atoms with van der Waals surface area (Å²) >= 11 is 2.13. The lowest BCUT2D eigenvalue weighted by atomic mass is 9.47. The van der Waals surface area contributed by atoms with E-state index in [1.165, 1.54) is 15.5 Å². The molecule has 1 spiro atoms. The third kappa shape index (κ3) is 1.65. The fraction of sp³-hybridized carbons (Fsp3) is 0.875. The van der Waals surface area contributed by atoms with Gasteiger partial charge in [-0.25, -0.2) is 4.83 Å². The molecular formula is C8H13FIN3S. The molecule has 0 aromatic carbocycles. The Morgan fingerprint density at radius 2 is 2.36 bits per heavy atom. The van der Waals surface area contributed by atoms with Crippen LogP contribution < -0.4 is 10.4 Å². The molecule has 3 nitrogen and oxygen atoms in total. The Labute approximate surface area is 99.3 Å². The molecule has 6 heteroatoms. The van der Waals surface area contributed by atoms with Crippen LogP contribution in [0.5, 0.6) is 0 Å². The van der Waals surface area contributed by atoms with Gasteiger partial charge in [0.25, 0.3) is 0 Å². The Morgan fingerprint density at radius 1 is 1.57 bits per heavy atom. The van der Waals surface area contributed by atoms with E-state index in [-0.39, 0.29) is 11.5 Å². The molecule has 2 fully saturated rings. The summed E-state index contributed by atoms with van der Waals surface area (Å²) in [6, 6.07) is 0.0694. The number of rotatable bonds is 4. The summed E-state index contributed by atoms with van der Waals surface area (Å²) < 4.78 is 12.4. The molecule has 2 unspecified atom stereocenters. The molecule has 2 N–H and O–H groups in total. The summed E-state index contributed by atoms with van der Waals surface area (Å²) in [5, 5.41) is 4.09. The van der Waals surface area contributed by atoms with Gasteiger partial charge in [-0.3, -0.25) is 0 Å². The molecule has 80 valence electrons. The van der Waals surface area contributed by atoms with Gasteiger partial charge < -0.3 is 0 Å². The minimum Gasteiger partial charge on any atom is -0.243 e. The van der Waals surface area contributed by atoms with Crippen LogP contribution >= 0.6 is 30.3 Å². The van der Waals surface area contributed by atoms with Crippen molar-refractivity contribution >= 4 is 36.5 Å². The average molecular weight is 329 g/mol. The summed E-state index contributed by atoms with van der Waals surface area (Å²) in [5.74, 6) is 0.459. The second-order valence-electron chi connectivity index (χ2n) is 4.04. The van der Waals surface area contributed by atoms with Crippen molar-refractivity contribution in [1.29, 1.82) is 0 Å². The highest BCUT2D eigenvalue weighted by atomic mass is 127. The SMILES string of the molecule is FNC1CC(/C=N/NSI)C12CCC2. The van der Waals surface area contributed by atoms with Crippen LogP contribution in [0, 0.1) is 11.3 Å². The predicted octanol–water partition coefficient (Wildman–Crippen LogP) is 2.59. The first-order valence-electron chi connectivity index (χ1n) is 4.75. The lowest BCUT2D eigenvalue weighted by Gasteiger charge is -2.59. The third-order valence-corrected chi connectivity index (χ3v) is 4.45. The molecule has 0 bridgehead atoms. The largest absolute Gasteiger partial charge is 0.243 e. The minimum atomic E-state index is 0.0694. The number of nitrogens with zero attached hydrogens (tertiary/aromatic N) is 1. The standard InChI is InChI=1S/C8H13FIN3S/c9-12-7-4-6(5-11-13-14-10)8(7)2-1-3-8/h5-7,12-13H,1-4H2/b11-5+. The van der Waals surface area contributed by atoms with Gasteiger partial charge in [-0.1, -0.05) is 6.42 Å². The molecule has 0 saturated heterocycles. The van der Waals surface area contributed by atoms with Crippen LogP contribution in [-0.4, -0.2) is 12.3 Å². The fourth-order valence-corrected chi connectivity index (χ4v) is 3.07. The van der Waals surface area contributed by atoms with E-state index in [2.05, 4.69) is 31.1 Å². The molecule has 0 radical (unpaired) electrons. The summed E-state index contributed by atoms with van der Waals surface area (Å²) in [6.45, 7) is 0. The molecule has 0 aromatic heterocycles. The van der Waals surface area contributed by atoms with Crippen LogP contribution in [0.4, 0.5) is 4.48 Å². The summed E-state index contributed by atoms with van der Waals surface area (Å²) in [5.41, 5.74) is 2.12. The van der Waals surface area contributed by atoms with E-state index < -0.39 is 0 Å². The molecule has 0 aromatic rings. The smallest absolute Gasteiger partial charge is 0.0440 e. The van der Waals surface area contributed by atoms with Gasteiger partial charge in [-0.05, 0) is 24.7 Å². The first kappa shape index (κ1) is 10.9. The fourth-order valence-electron chi connectivity index (χ4n) is 2.63. The summed E-state index contributed by atoms with van der Waals surface area (Å²) in [4.78, 5) is 2.82. The van der Waals surface area contributed by atoms with Gasteiger partial charge in [0.2, 0.25) is 0 Å².